The van der Waals surface area contributed by atoms with Crippen LogP contribution in [0, 0.1) is 5.41 Å². The van der Waals surface area contributed by atoms with E-state index < -0.39 is 12.1 Å². The number of methoxy groups -OCH3 is 1. The Morgan fingerprint density at radius 3 is 2.44 bits per heavy atom. The summed E-state index contributed by atoms with van der Waals surface area (Å²) in [4.78, 5) is 22.2. The van der Waals surface area contributed by atoms with Crippen LogP contribution in [-0.2, 0) is 9.53 Å². The molecule has 1 aliphatic rings. The SMILES string of the molecule is CCC1(CNC(=O)NCC(OC)C(=O)O)CCC1. The number of hydrogen-bond acceptors (Lipinski definition) is 3. The molecule has 0 aromatic carbocycles. The molecule has 6 heteroatoms. The molecule has 1 saturated carbocycles. The molecule has 0 heterocycles. The lowest BCUT2D eigenvalue weighted by molar-refractivity contribution is -0.147. The van der Waals surface area contributed by atoms with E-state index in [1.165, 1.54) is 13.5 Å². The second-order valence-corrected chi connectivity index (χ2v) is 4.83. The second-order valence-electron chi connectivity index (χ2n) is 4.83. The van der Waals surface area contributed by atoms with E-state index in [2.05, 4.69) is 17.6 Å². The minimum absolute atomic E-state index is 0.0310. The highest BCUT2D eigenvalue weighted by molar-refractivity contribution is 5.76. The van der Waals surface area contributed by atoms with Gasteiger partial charge in [0.25, 0.3) is 0 Å². The van der Waals surface area contributed by atoms with Crippen LogP contribution >= 0.6 is 0 Å². The first-order valence-corrected chi connectivity index (χ1v) is 6.30. The zero-order valence-corrected chi connectivity index (χ0v) is 11.0. The van der Waals surface area contributed by atoms with Crippen molar-refractivity contribution in [3.8, 4) is 0 Å². The van der Waals surface area contributed by atoms with Gasteiger partial charge in [0.05, 0.1) is 6.54 Å². The van der Waals surface area contributed by atoms with Gasteiger partial charge in [0.2, 0.25) is 0 Å². The van der Waals surface area contributed by atoms with Crippen molar-refractivity contribution >= 4 is 12.0 Å². The molecule has 0 spiro atoms. The minimum atomic E-state index is -1.08. The molecule has 1 rings (SSSR count). The molecule has 2 amide bonds. The number of rotatable bonds is 7. The van der Waals surface area contributed by atoms with Gasteiger partial charge in [-0.1, -0.05) is 13.3 Å². The molecule has 1 atom stereocenters. The van der Waals surface area contributed by atoms with E-state index in [1.54, 1.807) is 0 Å². The van der Waals surface area contributed by atoms with Crippen molar-refractivity contribution in [1.29, 1.82) is 0 Å². The van der Waals surface area contributed by atoms with Crippen molar-refractivity contribution in [3.05, 3.63) is 0 Å². The molecule has 0 aliphatic heterocycles. The summed E-state index contributed by atoms with van der Waals surface area (Å²) in [5, 5.41) is 14.0. The fraction of sp³-hybridized carbons (Fsp3) is 0.833. The Hall–Kier alpha value is -1.30. The smallest absolute Gasteiger partial charge is 0.334 e. The Balaban J connectivity index is 2.23. The molecule has 0 aromatic rings. The van der Waals surface area contributed by atoms with E-state index in [0.717, 1.165) is 19.3 Å². The molecule has 1 aliphatic carbocycles. The van der Waals surface area contributed by atoms with Gasteiger partial charge in [-0.15, -0.1) is 0 Å². The Morgan fingerprint density at radius 1 is 1.39 bits per heavy atom. The highest BCUT2D eigenvalue weighted by Gasteiger charge is 2.35. The normalized spacial score (nSPS) is 18.6. The lowest BCUT2D eigenvalue weighted by Crippen LogP contribution is -2.47. The van der Waals surface area contributed by atoms with Crippen LogP contribution in [0.3, 0.4) is 0 Å². The maximum atomic E-state index is 11.5. The van der Waals surface area contributed by atoms with E-state index in [0.29, 0.717) is 6.54 Å². The third-order valence-corrected chi connectivity index (χ3v) is 3.80. The van der Waals surface area contributed by atoms with Gasteiger partial charge in [0.1, 0.15) is 0 Å². The Bertz CT molecular complexity index is 297. The van der Waals surface area contributed by atoms with Crippen molar-refractivity contribution in [3.63, 3.8) is 0 Å². The first-order valence-electron chi connectivity index (χ1n) is 6.30. The number of carboxylic acid groups (broad SMARTS) is 1. The number of carbonyl (C=O) groups excluding carboxylic acids is 1. The quantitative estimate of drug-likeness (QED) is 0.635. The zero-order valence-electron chi connectivity index (χ0n) is 11.0. The van der Waals surface area contributed by atoms with Crippen LogP contribution in [0.25, 0.3) is 0 Å². The average molecular weight is 258 g/mol. The molecule has 104 valence electrons. The zero-order chi connectivity index (χ0) is 13.6. The first-order chi connectivity index (χ1) is 8.53. The number of amides is 2. The number of ether oxygens (including phenoxy) is 1. The maximum absolute atomic E-state index is 11.5. The topological polar surface area (TPSA) is 87.7 Å². The third kappa shape index (κ3) is 3.87. The number of carbonyl (C=O) groups is 2. The first kappa shape index (κ1) is 14.8. The van der Waals surface area contributed by atoms with Crippen LogP contribution in [0.1, 0.15) is 32.6 Å². The standard InChI is InChI=1S/C12H22N2O4/c1-3-12(5-4-6-12)8-14-11(17)13-7-9(18-2)10(15)16/h9H,3-8H2,1-2H3,(H,15,16)(H2,13,14,17). The number of nitrogens with one attached hydrogen (secondary N) is 2. The molecule has 0 radical (unpaired) electrons. The summed E-state index contributed by atoms with van der Waals surface area (Å²) in [6.45, 7) is 2.75. The molecule has 0 aromatic heterocycles. The molecule has 18 heavy (non-hydrogen) atoms. The van der Waals surface area contributed by atoms with Crippen molar-refractivity contribution in [1.82, 2.24) is 10.6 Å². The summed E-state index contributed by atoms with van der Waals surface area (Å²) in [5.41, 5.74) is 0.255. The maximum Gasteiger partial charge on any atom is 0.334 e. The molecule has 0 bridgehead atoms. The lowest BCUT2D eigenvalue weighted by atomic mass is 9.67. The van der Waals surface area contributed by atoms with Crippen molar-refractivity contribution in [2.24, 2.45) is 5.41 Å². The monoisotopic (exact) mass is 258 g/mol. The Labute approximate surface area is 107 Å². The van der Waals surface area contributed by atoms with Crippen LogP contribution in [-0.4, -0.2) is 43.4 Å². The number of carboxylic acids is 1. The molecule has 6 nitrogen and oxygen atoms in total. The van der Waals surface area contributed by atoms with Gasteiger partial charge in [-0.25, -0.2) is 9.59 Å². The highest BCUT2D eigenvalue weighted by atomic mass is 16.5. The average Bonchev–Trinajstić information content (AvgIpc) is 2.28. The molecule has 0 saturated heterocycles. The van der Waals surface area contributed by atoms with Crippen molar-refractivity contribution < 1.29 is 19.4 Å². The summed E-state index contributed by atoms with van der Waals surface area (Å²) >= 11 is 0. The second kappa shape index (κ2) is 6.58. The van der Waals surface area contributed by atoms with Gasteiger partial charge in [-0.3, -0.25) is 0 Å². The molecular formula is C12H22N2O4. The van der Waals surface area contributed by atoms with Gasteiger partial charge in [-0.2, -0.15) is 0 Å². The predicted molar refractivity (Wildman–Crippen MR) is 66.4 cm³/mol. The fourth-order valence-corrected chi connectivity index (χ4v) is 2.12. The summed E-state index contributed by atoms with van der Waals surface area (Å²) < 4.78 is 4.72. The summed E-state index contributed by atoms with van der Waals surface area (Å²) in [7, 11) is 1.30. The minimum Gasteiger partial charge on any atom is -0.479 e. The van der Waals surface area contributed by atoms with E-state index in [9.17, 15) is 9.59 Å². The van der Waals surface area contributed by atoms with E-state index in [4.69, 9.17) is 9.84 Å². The van der Waals surface area contributed by atoms with Crippen LogP contribution < -0.4 is 10.6 Å². The summed E-state index contributed by atoms with van der Waals surface area (Å²) in [6.07, 6.45) is 3.59. The van der Waals surface area contributed by atoms with Gasteiger partial charge in [0, 0.05) is 13.7 Å². The number of urea groups is 1. The van der Waals surface area contributed by atoms with Gasteiger partial charge in [-0.05, 0) is 24.7 Å². The number of hydrogen-bond donors (Lipinski definition) is 3. The summed E-state index contributed by atoms with van der Waals surface area (Å²) in [6, 6.07) is -0.335. The molecular weight excluding hydrogens is 236 g/mol. The van der Waals surface area contributed by atoms with Gasteiger partial charge in [0.15, 0.2) is 6.10 Å². The van der Waals surface area contributed by atoms with Crippen LogP contribution in [0.2, 0.25) is 0 Å². The molecule has 1 fully saturated rings. The lowest BCUT2D eigenvalue weighted by Gasteiger charge is -2.41. The van der Waals surface area contributed by atoms with Crippen LogP contribution in [0.5, 0.6) is 0 Å². The van der Waals surface area contributed by atoms with Crippen LogP contribution in [0.4, 0.5) is 4.79 Å². The van der Waals surface area contributed by atoms with E-state index in [1.807, 2.05) is 0 Å². The van der Waals surface area contributed by atoms with E-state index in [-0.39, 0.29) is 18.0 Å². The highest BCUT2D eigenvalue weighted by Crippen LogP contribution is 2.42. The van der Waals surface area contributed by atoms with Gasteiger partial charge >= 0.3 is 12.0 Å². The molecule has 1 unspecified atom stereocenters. The third-order valence-electron chi connectivity index (χ3n) is 3.80. The largest absolute Gasteiger partial charge is 0.479 e. The van der Waals surface area contributed by atoms with Crippen LogP contribution in [0.15, 0.2) is 0 Å². The fourth-order valence-electron chi connectivity index (χ4n) is 2.12. The molecule has 3 N–H and O–H groups in total. The summed E-state index contributed by atoms with van der Waals surface area (Å²) in [5.74, 6) is -1.08. The van der Waals surface area contributed by atoms with Crippen molar-refractivity contribution in [2.45, 2.75) is 38.7 Å². The predicted octanol–water partition coefficient (Wildman–Crippen LogP) is 0.965. The Kier molecular flexibility index (Phi) is 5.40. The number of aliphatic carboxylic acids is 1. The van der Waals surface area contributed by atoms with Gasteiger partial charge < -0.3 is 20.5 Å². The van der Waals surface area contributed by atoms with E-state index >= 15 is 0 Å². The Morgan fingerprint density at radius 2 is 2.06 bits per heavy atom. The van der Waals surface area contributed by atoms with Crippen molar-refractivity contribution in [2.75, 3.05) is 20.2 Å².